The number of rotatable bonds is 7. The first-order chi connectivity index (χ1) is 16.8. The van der Waals surface area contributed by atoms with Gasteiger partial charge < -0.3 is 5.32 Å². The van der Waals surface area contributed by atoms with Gasteiger partial charge in [-0.25, -0.2) is 0 Å². The van der Waals surface area contributed by atoms with E-state index < -0.39 is 17.6 Å². The lowest BCUT2D eigenvalue weighted by atomic mass is 9.98. The Kier molecular flexibility index (Phi) is 7.06. The lowest BCUT2D eigenvalue weighted by molar-refractivity contribution is -0.137. The number of anilines is 1. The number of benzene rings is 3. The van der Waals surface area contributed by atoms with E-state index in [1.165, 1.54) is 12.1 Å². The fourth-order valence-corrected chi connectivity index (χ4v) is 3.66. The predicted molar refractivity (Wildman–Crippen MR) is 128 cm³/mol. The first-order valence-electron chi connectivity index (χ1n) is 10.9. The second-order valence-electron chi connectivity index (χ2n) is 7.94. The zero-order valence-electron chi connectivity index (χ0n) is 18.5. The van der Waals surface area contributed by atoms with Crippen LogP contribution in [0.5, 0.6) is 0 Å². The molecule has 1 N–H and O–H groups in total. The second kappa shape index (κ2) is 10.3. The molecule has 0 saturated heterocycles. The molecular formula is C28H21F3N2O2. The number of ketones is 1. The van der Waals surface area contributed by atoms with Crippen LogP contribution in [0.4, 0.5) is 18.9 Å². The van der Waals surface area contributed by atoms with Gasteiger partial charge >= 0.3 is 6.18 Å². The van der Waals surface area contributed by atoms with Crippen LogP contribution in [-0.4, -0.2) is 16.7 Å². The number of nitrogens with one attached hydrogen (secondary N) is 1. The number of aryl methyl sites for hydroxylation is 1. The van der Waals surface area contributed by atoms with Crippen LogP contribution in [-0.2, 0) is 12.6 Å². The van der Waals surface area contributed by atoms with Crippen molar-refractivity contribution in [3.05, 3.63) is 120 Å². The van der Waals surface area contributed by atoms with Gasteiger partial charge in [0, 0.05) is 35.6 Å². The first-order valence-corrected chi connectivity index (χ1v) is 10.9. The summed E-state index contributed by atoms with van der Waals surface area (Å²) in [5.74, 6) is -0.421. The SMILES string of the molecule is O=C(CCc1cccnc1)c1ccc(NC(=O)c2ccccc2-c2ccc(C(F)(F)F)cc2)cc1. The summed E-state index contributed by atoms with van der Waals surface area (Å²) in [6.45, 7) is 0. The Morgan fingerprint density at radius 1 is 0.829 bits per heavy atom. The monoisotopic (exact) mass is 474 g/mol. The van der Waals surface area contributed by atoms with E-state index in [2.05, 4.69) is 10.3 Å². The quantitative estimate of drug-likeness (QED) is 0.299. The maximum absolute atomic E-state index is 12.9. The second-order valence-corrected chi connectivity index (χ2v) is 7.94. The summed E-state index contributed by atoms with van der Waals surface area (Å²) in [6, 6.07) is 21.7. The van der Waals surface area contributed by atoms with Crippen molar-refractivity contribution in [2.45, 2.75) is 19.0 Å². The number of amides is 1. The van der Waals surface area contributed by atoms with Gasteiger partial charge in [0.15, 0.2) is 5.78 Å². The maximum Gasteiger partial charge on any atom is 0.416 e. The van der Waals surface area contributed by atoms with Crippen molar-refractivity contribution in [3.63, 3.8) is 0 Å². The minimum absolute atomic E-state index is 0.0145. The number of hydrogen-bond acceptors (Lipinski definition) is 3. The highest BCUT2D eigenvalue weighted by Crippen LogP contribution is 2.32. The van der Waals surface area contributed by atoms with Gasteiger partial charge in [-0.15, -0.1) is 0 Å². The molecule has 1 amide bonds. The molecular weight excluding hydrogens is 453 g/mol. The molecule has 4 nitrogen and oxygen atoms in total. The Morgan fingerprint density at radius 2 is 1.54 bits per heavy atom. The highest BCUT2D eigenvalue weighted by molar-refractivity contribution is 6.09. The Labute approximate surface area is 200 Å². The van der Waals surface area contributed by atoms with Crippen molar-refractivity contribution < 1.29 is 22.8 Å². The highest BCUT2D eigenvalue weighted by Gasteiger charge is 2.30. The average Bonchev–Trinajstić information content (AvgIpc) is 2.88. The van der Waals surface area contributed by atoms with Crippen LogP contribution in [0.3, 0.4) is 0 Å². The summed E-state index contributed by atoms with van der Waals surface area (Å²) in [7, 11) is 0. The smallest absolute Gasteiger partial charge is 0.322 e. The third-order valence-corrected chi connectivity index (χ3v) is 5.52. The van der Waals surface area contributed by atoms with Crippen molar-refractivity contribution in [3.8, 4) is 11.1 Å². The summed E-state index contributed by atoms with van der Waals surface area (Å²) < 4.78 is 38.6. The molecule has 0 aliphatic rings. The Hall–Kier alpha value is -4.26. The molecule has 0 saturated carbocycles. The number of aromatic nitrogens is 1. The highest BCUT2D eigenvalue weighted by atomic mass is 19.4. The standard InChI is InChI=1S/C28H21F3N2O2/c29-28(30,31)22-12-8-20(9-13-22)24-5-1-2-6-25(24)27(35)33-23-14-10-21(11-15-23)26(34)16-7-19-4-3-17-32-18-19/h1-6,8-15,17-18H,7,16H2,(H,33,35). The third kappa shape index (κ3) is 6.00. The van der Waals surface area contributed by atoms with Crippen molar-refractivity contribution in [2.75, 3.05) is 5.32 Å². The first kappa shape index (κ1) is 23.9. The Balaban J connectivity index is 1.44. The van der Waals surface area contributed by atoms with E-state index in [1.54, 1.807) is 60.9 Å². The Morgan fingerprint density at radius 3 is 2.20 bits per heavy atom. The third-order valence-electron chi connectivity index (χ3n) is 5.52. The van der Waals surface area contributed by atoms with Crippen LogP contribution < -0.4 is 5.32 Å². The van der Waals surface area contributed by atoms with E-state index in [0.717, 1.165) is 17.7 Å². The minimum Gasteiger partial charge on any atom is -0.322 e. The maximum atomic E-state index is 12.9. The molecule has 35 heavy (non-hydrogen) atoms. The molecule has 4 aromatic rings. The molecule has 0 unspecified atom stereocenters. The van der Waals surface area contributed by atoms with Gasteiger partial charge in [-0.3, -0.25) is 14.6 Å². The van der Waals surface area contributed by atoms with E-state index in [9.17, 15) is 22.8 Å². The van der Waals surface area contributed by atoms with Crippen LogP contribution in [0, 0.1) is 0 Å². The van der Waals surface area contributed by atoms with Gasteiger partial charge in [0.05, 0.1) is 5.56 Å². The fraction of sp³-hybridized carbons (Fsp3) is 0.107. The molecule has 0 atom stereocenters. The lowest BCUT2D eigenvalue weighted by Gasteiger charge is -2.12. The molecule has 0 spiro atoms. The number of hydrogen-bond donors (Lipinski definition) is 1. The molecule has 0 fully saturated rings. The summed E-state index contributed by atoms with van der Waals surface area (Å²) in [4.78, 5) is 29.5. The topological polar surface area (TPSA) is 59.1 Å². The van der Waals surface area contributed by atoms with E-state index in [4.69, 9.17) is 0 Å². The number of carbonyl (C=O) groups excluding carboxylic acids is 2. The molecule has 1 heterocycles. The van der Waals surface area contributed by atoms with Crippen molar-refractivity contribution >= 4 is 17.4 Å². The van der Waals surface area contributed by atoms with Crippen molar-refractivity contribution in [1.29, 1.82) is 0 Å². The van der Waals surface area contributed by atoms with E-state index >= 15 is 0 Å². The van der Waals surface area contributed by atoms with Crippen LogP contribution >= 0.6 is 0 Å². The van der Waals surface area contributed by atoms with Crippen molar-refractivity contribution in [2.24, 2.45) is 0 Å². The number of nitrogens with zero attached hydrogens (tertiary/aromatic N) is 1. The van der Waals surface area contributed by atoms with Crippen LogP contribution in [0.25, 0.3) is 11.1 Å². The minimum atomic E-state index is -4.43. The van der Waals surface area contributed by atoms with E-state index in [1.807, 2.05) is 12.1 Å². The lowest BCUT2D eigenvalue weighted by Crippen LogP contribution is -2.13. The van der Waals surface area contributed by atoms with E-state index in [0.29, 0.717) is 40.8 Å². The molecule has 7 heteroatoms. The van der Waals surface area contributed by atoms with Gasteiger partial charge in [-0.05, 0) is 71.6 Å². The van der Waals surface area contributed by atoms with Crippen LogP contribution in [0.2, 0.25) is 0 Å². The molecule has 3 aromatic carbocycles. The molecule has 176 valence electrons. The summed E-state index contributed by atoms with van der Waals surface area (Å²) >= 11 is 0. The number of Topliss-reactive ketones (excluding diaryl/α,β-unsaturated/α-hetero) is 1. The van der Waals surface area contributed by atoms with Gasteiger partial charge in [0.1, 0.15) is 0 Å². The molecule has 0 aliphatic heterocycles. The molecule has 4 rings (SSSR count). The van der Waals surface area contributed by atoms with E-state index in [-0.39, 0.29) is 5.78 Å². The van der Waals surface area contributed by atoms with Gasteiger partial charge in [0.25, 0.3) is 5.91 Å². The summed E-state index contributed by atoms with van der Waals surface area (Å²) in [5.41, 5.74) is 2.61. The molecule has 0 radical (unpaired) electrons. The Bertz CT molecular complexity index is 1320. The van der Waals surface area contributed by atoms with Gasteiger partial charge in [0.2, 0.25) is 0 Å². The number of carbonyl (C=O) groups is 2. The summed E-state index contributed by atoms with van der Waals surface area (Å²) in [6.07, 6.45) is -0.0831. The molecule has 0 bridgehead atoms. The normalized spacial score (nSPS) is 11.2. The zero-order valence-corrected chi connectivity index (χ0v) is 18.5. The van der Waals surface area contributed by atoms with Crippen LogP contribution in [0.15, 0.2) is 97.3 Å². The number of alkyl halides is 3. The molecule has 0 aliphatic carbocycles. The average molecular weight is 474 g/mol. The van der Waals surface area contributed by atoms with Crippen LogP contribution in [0.1, 0.15) is 38.3 Å². The largest absolute Gasteiger partial charge is 0.416 e. The number of pyridine rings is 1. The van der Waals surface area contributed by atoms with Crippen molar-refractivity contribution in [1.82, 2.24) is 4.98 Å². The zero-order chi connectivity index (χ0) is 24.8. The fourth-order valence-electron chi connectivity index (χ4n) is 3.66. The number of halogens is 3. The molecule has 1 aromatic heterocycles. The van der Waals surface area contributed by atoms with Gasteiger partial charge in [-0.1, -0.05) is 36.4 Å². The summed E-state index contributed by atoms with van der Waals surface area (Å²) in [5, 5.41) is 2.79. The van der Waals surface area contributed by atoms with Gasteiger partial charge in [-0.2, -0.15) is 13.2 Å². The predicted octanol–water partition coefficient (Wildman–Crippen LogP) is 6.84.